The van der Waals surface area contributed by atoms with Gasteiger partial charge in [0, 0.05) is 13.5 Å². The number of carboxylic acid groups (broad SMARTS) is 1. The lowest BCUT2D eigenvalue weighted by molar-refractivity contribution is -0.139. The number of terminal acetylenes is 1. The van der Waals surface area contributed by atoms with Crippen LogP contribution >= 0.6 is 0 Å². The topological polar surface area (TPSA) is 87.7 Å². The number of hydrogen-bond acceptors (Lipinski definition) is 3. The number of carbonyl (C=O) groups is 2. The van der Waals surface area contributed by atoms with E-state index in [0.29, 0.717) is 6.61 Å². The van der Waals surface area contributed by atoms with Crippen LogP contribution in [0, 0.1) is 12.3 Å². The monoisotopic (exact) mass is 228 g/mol. The van der Waals surface area contributed by atoms with Crippen LogP contribution in [0.2, 0.25) is 0 Å². The molecule has 0 bridgehead atoms. The van der Waals surface area contributed by atoms with Crippen LogP contribution in [0.15, 0.2) is 0 Å². The standard InChI is InChI=1S/C10H16N2O4/c1-4-5-8(9(13)14)12-10(15)11-7(2)6-16-3/h1,7-8H,5-6H2,2-3H3,(H,13,14)(H2,11,12,15). The van der Waals surface area contributed by atoms with E-state index in [9.17, 15) is 9.59 Å². The highest BCUT2D eigenvalue weighted by molar-refractivity contribution is 5.82. The Balaban J connectivity index is 4.10. The van der Waals surface area contributed by atoms with Gasteiger partial charge < -0.3 is 20.5 Å². The van der Waals surface area contributed by atoms with Gasteiger partial charge in [-0.05, 0) is 6.92 Å². The molecule has 0 aliphatic rings. The van der Waals surface area contributed by atoms with Gasteiger partial charge in [-0.1, -0.05) is 0 Å². The van der Waals surface area contributed by atoms with Crippen molar-refractivity contribution in [2.45, 2.75) is 25.4 Å². The predicted molar refractivity (Wildman–Crippen MR) is 57.9 cm³/mol. The largest absolute Gasteiger partial charge is 0.480 e. The van der Waals surface area contributed by atoms with Crippen LogP contribution in [0.3, 0.4) is 0 Å². The highest BCUT2D eigenvalue weighted by Gasteiger charge is 2.19. The quantitative estimate of drug-likeness (QED) is 0.549. The van der Waals surface area contributed by atoms with E-state index in [2.05, 4.69) is 16.6 Å². The Kier molecular flexibility index (Phi) is 6.72. The zero-order chi connectivity index (χ0) is 12.6. The lowest BCUT2D eigenvalue weighted by Gasteiger charge is -2.16. The molecule has 0 aromatic heterocycles. The van der Waals surface area contributed by atoms with Crippen LogP contribution in [0.5, 0.6) is 0 Å². The number of methoxy groups -OCH3 is 1. The molecule has 0 aliphatic heterocycles. The number of hydrogen-bond donors (Lipinski definition) is 3. The second-order valence-corrected chi connectivity index (χ2v) is 3.27. The van der Waals surface area contributed by atoms with Gasteiger partial charge in [0.2, 0.25) is 0 Å². The molecule has 0 saturated heterocycles. The summed E-state index contributed by atoms with van der Waals surface area (Å²) < 4.78 is 4.81. The van der Waals surface area contributed by atoms with E-state index in [1.165, 1.54) is 7.11 Å². The van der Waals surface area contributed by atoms with Crippen molar-refractivity contribution in [1.82, 2.24) is 10.6 Å². The van der Waals surface area contributed by atoms with Gasteiger partial charge in [0.25, 0.3) is 0 Å². The van der Waals surface area contributed by atoms with Crippen molar-refractivity contribution >= 4 is 12.0 Å². The number of ether oxygens (including phenoxy) is 1. The van der Waals surface area contributed by atoms with Crippen LogP contribution in [0.4, 0.5) is 4.79 Å². The fraction of sp³-hybridized carbons (Fsp3) is 0.600. The zero-order valence-electron chi connectivity index (χ0n) is 9.32. The lowest BCUT2D eigenvalue weighted by Crippen LogP contribution is -2.49. The summed E-state index contributed by atoms with van der Waals surface area (Å²) >= 11 is 0. The minimum absolute atomic E-state index is 0.0542. The predicted octanol–water partition coefficient (Wildman–Crippen LogP) is -0.203. The van der Waals surface area contributed by atoms with Crippen LogP contribution < -0.4 is 10.6 Å². The van der Waals surface area contributed by atoms with Gasteiger partial charge in [-0.3, -0.25) is 0 Å². The lowest BCUT2D eigenvalue weighted by atomic mass is 10.2. The maximum absolute atomic E-state index is 11.3. The molecule has 0 saturated carbocycles. The number of rotatable bonds is 6. The summed E-state index contributed by atoms with van der Waals surface area (Å²) in [6.45, 7) is 2.08. The first-order chi connectivity index (χ1) is 7.51. The molecule has 2 amide bonds. The molecule has 6 heteroatoms. The number of amides is 2. The van der Waals surface area contributed by atoms with Crippen LogP contribution in [0.25, 0.3) is 0 Å². The first kappa shape index (κ1) is 14.3. The van der Waals surface area contributed by atoms with Crippen LogP contribution in [-0.2, 0) is 9.53 Å². The minimum Gasteiger partial charge on any atom is -0.480 e. The van der Waals surface area contributed by atoms with Gasteiger partial charge in [-0.25, -0.2) is 9.59 Å². The van der Waals surface area contributed by atoms with E-state index < -0.39 is 18.0 Å². The molecular formula is C10H16N2O4. The third kappa shape index (κ3) is 5.88. The average Bonchev–Trinajstić information content (AvgIpc) is 2.16. The van der Waals surface area contributed by atoms with Crippen molar-refractivity contribution in [3.05, 3.63) is 0 Å². The smallest absolute Gasteiger partial charge is 0.327 e. The molecule has 0 heterocycles. The molecule has 6 nitrogen and oxygen atoms in total. The van der Waals surface area contributed by atoms with Crippen molar-refractivity contribution in [2.75, 3.05) is 13.7 Å². The molecular weight excluding hydrogens is 212 g/mol. The number of carboxylic acids is 1. The molecule has 0 fully saturated rings. The highest BCUT2D eigenvalue weighted by Crippen LogP contribution is 1.91. The number of aliphatic carboxylic acids is 1. The van der Waals surface area contributed by atoms with Crippen molar-refractivity contribution in [3.63, 3.8) is 0 Å². The first-order valence-electron chi connectivity index (χ1n) is 4.73. The van der Waals surface area contributed by atoms with Gasteiger partial charge in [-0.15, -0.1) is 12.3 Å². The summed E-state index contributed by atoms with van der Waals surface area (Å²) in [5.41, 5.74) is 0. The molecule has 16 heavy (non-hydrogen) atoms. The second kappa shape index (κ2) is 7.54. The maximum Gasteiger partial charge on any atom is 0.327 e. The Morgan fingerprint density at radius 1 is 1.50 bits per heavy atom. The molecule has 0 aliphatic carbocycles. The van der Waals surface area contributed by atoms with E-state index in [-0.39, 0.29) is 12.5 Å². The number of urea groups is 1. The fourth-order valence-corrected chi connectivity index (χ4v) is 1.03. The average molecular weight is 228 g/mol. The summed E-state index contributed by atoms with van der Waals surface area (Å²) in [7, 11) is 1.51. The van der Waals surface area contributed by atoms with E-state index in [4.69, 9.17) is 16.3 Å². The molecule has 0 rings (SSSR count). The van der Waals surface area contributed by atoms with Gasteiger partial charge in [-0.2, -0.15) is 0 Å². The highest BCUT2D eigenvalue weighted by atomic mass is 16.5. The third-order valence-corrected chi connectivity index (χ3v) is 1.72. The Bertz CT molecular complexity index is 285. The van der Waals surface area contributed by atoms with Crippen LogP contribution in [0.1, 0.15) is 13.3 Å². The molecule has 90 valence electrons. The summed E-state index contributed by atoms with van der Waals surface area (Å²) in [6.07, 6.45) is 4.93. The fourth-order valence-electron chi connectivity index (χ4n) is 1.03. The van der Waals surface area contributed by atoms with Crippen molar-refractivity contribution in [1.29, 1.82) is 0 Å². The van der Waals surface area contributed by atoms with Crippen molar-refractivity contribution in [3.8, 4) is 12.3 Å². The zero-order valence-corrected chi connectivity index (χ0v) is 9.32. The maximum atomic E-state index is 11.3. The van der Waals surface area contributed by atoms with Gasteiger partial charge in [0.1, 0.15) is 6.04 Å². The second-order valence-electron chi connectivity index (χ2n) is 3.27. The third-order valence-electron chi connectivity index (χ3n) is 1.72. The van der Waals surface area contributed by atoms with Crippen LogP contribution in [-0.4, -0.2) is 42.9 Å². The molecule has 3 N–H and O–H groups in total. The Morgan fingerprint density at radius 3 is 2.56 bits per heavy atom. The van der Waals surface area contributed by atoms with Gasteiger partial charge in [0.15, 0.2) is 0 Å². The van der Waals surface area contributed by atoms with Crippen molar-refractivity contribution in [2.24, 2.45) is 0 Å². The first-order valence-corrected chi connectivity index (χ1v) is 4.73. The van der Waals surface area contributed by atoms with E-state index in [1.54, 1.807) is 6.92 Å². The molecule has 0 aromatic rings. The number of carbonyl (C=O) groups excluding carboxylic acids is 1. The van der Waals surface area contributed by atoms with Crippen molar-refractivity contribution < 1.29 is 19.4 Å². The summed E-state index contributed by atoms with van der Waals surface area (Å²) in [5, 5.41) is 13.5. The molecule has 0 radical (unpaired) electrons. The SMILES string of the molecule is C#CCC(NC(=O)NC(C)COC)C(=O)O. The Hall–Kier alpha value is -1.74. The molecule has 2 unspecified atom stereocenters. The molecule has 0 aromatic carbocycles. The van der Waals surface area contributed by atoms with Gasteiger partial charge >= 0.3 is 12.0 Å². The number of nitrogens with one attached hydrogen (secondary N) is 2. The Labute approximate surface area is 94.4 Å². The summed E-state index contributed by atoms with van der Waals surface area (Å²) in [4.78, 5) is 22.0. The summed E-state index contributed by atoms with van der Waals surface area (Å²) in [5.74, 6) is 1.03. The van der Waals surface area contributed by atoms with E-state index in [0.717, 1.165) is 0 Å². The summed E-state index contributed by atoms with van der Waals surface area (Å²) in [6, 6.07) is -1.85. The van der Waals surface area contributed by atoms with E-state index in [1.807, 2.05) is 0 Å². The van der Waals surface area contributed by atoms with Gasteiger partial charge in [0.05, 0.1) is 12.6 Å². The normalized spacial score (nSPS) is 13.3. The van der Waals surface area contributed by atoms with E-state index >= 15 is 0 Å². The Morgan fingerprint density at radius 2 is 2.12 bits per heavy atom. The molecule has 2 atom stereocenters. The molecule has 0 spiro atoms. The minimum atomic E-state index is -1.16.